The Morgan fingerprint density at radius 3 is 2.56 bits per heavy atom. The Hall–Kier alpha value is -2.92. The molecule has 140 valence electrons. The molecule has 0 saturated carbocycles. The van der Waals surface area contributed by atoms with Gasteiger partial charge >= 0.3 is 5.69 Å². The van der Waals surface area contributed by atoms with Crippen molar-refractivity contribution in [3.05, 3.63) is 57.4 Å². The summed E-state index contributed by atoms with van der Waals surface area (Å²) < 4.78 is 6.35. The number of aliphatic hydroxyl groups is 3. The molecule has 2 aromatic heterocycles. The molecule has 1 aromatic carbocycles. The van der Waals surface area contributed by atoms with E-state index in [0.717, 1.165) is 4.57 Å². The molecule has 1 aliphatic heterocycles. The minimum atomic E-state index is -1.50. The zero-order valence-electron chi connectivity index (χ0n) is 13.9. The first-order valence-corrected chi connectivity index (χ1v) is 8.20. The number of ether oxygens (including phenoxy) is 1. The van der Waals surface area contributed by atoms with Crippen LogP contribution < -0.4 is 11.2 Å². The fourth-order valence-corrected chi connectivity index (χ4v) is 3.10. The van der Waals surface area contributed by atoms with Crippen LogP contribution in [0, 0.1) is 0 Å². The van der Waals surface area contributed by atoms with Crippen LogP contribution in [0.5, 0.6) is 0 Å². The van der Waals surface area contributed by atoms with Crippen molar-refractivity contribution in [1.82, 2.24) is 19.5 Å². The molecule has 27 heavy (non-hydrogen) atoms. The van der Waals surface area contributed by atoms with Gasteiger partial charge in [-0.2, -0.15) is 0 Å². The molecule has 3 heterocycles. The molecule has 4 atom stereocenters. The number of hydrogen-bond donors (Lipinski definition) is 4. The van der Waals surface area contributed by atoms with E-state index in [9.17, 15) is 24.9 Å². The molecule has 4 N–H and O–H groups in total. The Morgan fingerprint density at radius 1 is 1.15 bits per heavy atom. The van der Waals surface area contributed by atoms with Crippen molar-refractivity contribution in [3.63, 3.8) is 0 Å². The number of aromatic nitrogens is 4. The van der Waals surface area contributed by atoms with Gasteiger partial charge in [-0.15, -0.1) is 0 Å². The fourth-order valence-electron chi connectivity index (χ4n) is 3.10. The Labute approximate surface area is 151 Å². The Balaban J connectivity index is 1.95. The van der Waals surface area contributed by atoms with Gasteiger partial charge in [-0.1, -0.05) is 30.3 Å². The third kappa shape index (κ3) is 2.84. The standard InChI is InChI=1S/C17H16N4O6/c22-7-10-12(23)13(24)16(27-10)21-14-11(15(25)20-17(21)26)18-6-9(19-14)8-4-2-1-3-5-8/h1-6,10,12-13,16,22-24H,7H2,(H,20,25,26). The molecule has 10 nitrogen and oxygen atoms in total. The molecular formula is C17H16N4O6. The monoisotopic (exact) mass is 372 g/mol. The molecule has 1 saturated heterocycles. The van der Waals surface area contributed by atoms with Crippen LogP contribution in [0.15, 0.2) is 46.1 Å². The van der Waals surface area contributed by atoms with E-state index in [0.29, 0.717) is 11.3 Å². The molecule has 0 radical (unpaired) electrons. The van der Waals surface area contributed by atoms with E-state index in [1.165, 1.54) is 6.20 Å². The lowest BCUT2D eigenvalue weighted by molar-refractivity contribution is -0.0530. The minimum Gasteiger partial charge on any atom is -0.394 e. The van der Waals surface area contributed by atoms with Crippen molar-refractivity contribution >= 4 is 11.2 Å². The van der Waals surface area contributed by atoms with Crippen LogP contribution in [0.2, 0.25) is 0 Å². The van der Waals surface area contributed by atoms with Crippen molar-refractivity contribution in [1.29, 1.82) is 0 Å². The smallest absolute Gasteiger partial charge is 0.332 e. The van der Waals surface area contributed by atoms with Crippen LogP contribution in [-0.4, -0.2) is 59.8 Å². The summed E-state index contributed by atoms with van der Waals surface area (Å²) in [4.78, 5) is 35.1. The van der Waals surface area contributed by atoms with Crippen molar-refractivity contribution < 1.29 is 20.1 Å². The van der Waals surface area contributed by atoms with Gasteiger partial charge in [0.15, 0.2) is 17.4 Å². The van der Waals surface area contributed by atoms with Gasteiger partial charge in [0.05, 0.1) is 18.5 Å². The van der Waals surface area contributed by atoms with E-state index in [4.69, 9.17) is 4.74 Å². The second-order valence-corrected chi connectivity index (χ2v) is 6.15. The quantitative estimate of drug-likeness (QED) is 0.446. The summed E-state index contributed by atoms with van der Waals surface area (Å²) in [6.45, 7) is -0.550. The number of aromatic amines is 1. The maximum Gasteiger partial charge on any atom is 0.332 e. The van der Waals surface area contributed by atoms with Gasteiger partial charge in [0, 0.05) is 5.56 Å². The SMILES string of the molecule is O=c1[nH]c(=O)n(C2OC(CO)C(O)C2O)c2nc(-c3ccccc3)cnc12. The maximum atomic E-state index is 12.4. The predicted molar refractivity (Wildman–Crippen MR) is 92.9 cm³/mol. The van der Waals surface area contributed by atoms with Crippen molar-refractivity contribution in [2.75, 3.05) is 6.61 Å². The van der Waals surface area contributed by atoms with Crippen molar-refractivity contribution in [2.24, 2.45) is 0 Å². The number of benzene rings is 1. The van der Waals surface area contributed by atoms with E-state index < -0.39 is 42.4 Å². The first kappa shape index (κ1) is 17.5. The number of fused-ring (bicyclic) bond motifs is 1. The van der Waals surface area contributed by atoms with Gasteiger partial charge in [-0.05, 0) is 0 Å². The van der Waals surface area contributed by atoms with Crippen LogP contribution in [0.25, 0.3) is 22.4 Å². The van der Waals surface area contributed by atoms with E-state index >= 15 is 0 Å². The van der Waals surface area contributed by atoms with Gasteiger partial charge in [0.25, 0.3) is 5.56 Å². The van der Waals surface area contributed by atoms with E-state index in [-0.39, 0.29) is 11.2 Å². The zero-order chi connectivity index (χ0) is 19.1. The molecule has 0 aliphatic carbocycles. The van der Waals surface area contributed by atoms with E-state index in [1.807, 2.05) is 6.07 Å². The highest BCUT2D eigenvalue weighted by atomic mass is 16.6. The first-order chi connectivity index (χ1) is 13.0. The van der Waals surface area contributed by atoms with E-state index in [2.05, 4.69) is 15.0 Å². The second-order valence-electron chi connectivity index (χ2n) is 6.15. The third-order valence-electron chi connectivity index (χ3n) is 4.48. The number of nitrogens with one attached hydrogen (secondary N) is 1. The maximum absolute atomic E-state index is 12.4. The highest BCUT2D eigenvalue weighted by Crippen LogP contribution is 2.29. The average molecular weight is 372 g/mol. The van der Waals surface area contributed by atoms with Crippen LogP contribution in [0.1, 0.15) is 6.23 Å². The molecule has 4 unspecified atom stereocenters. The normalized spacial score (nSPS) is 25.1. The summed E-state index contributed by atoms with van der Waals surface area (Å²) in [7, 11) is 0. The summed E-state index contributed by atoms with van der Waals surface area (Å²) in [5.41, 5.74) is -0.695. The summed E-state index contributed by atoms with van der Waals surface area (Å²) in [6.07, 6.45) is -3.93. The number of H-pyrrole nitrogens is 1. The highest BCUT2D eigenvalue weighted by molar-refractivity contribution is 5.73. The summed E-state index contributed by atoms with van der Waals surface area (Å²) in [5.74, 6) is 0. The third-order valence-corrected chi connectivity index (χ3v) is 4.48. The van der Waals surface area contributed by atoms with E-state index in [1.54, 1.807) is 24.3 Å². The second kappa shape index (κ2) is 6.67. The molecular weight excluding hydrogens is 356 g/mol. The van der Waals surface area contributed by atoms with Gasteiger partial charge in [-0.25, -0.2) is 19.3 Å². The number of aliphatic hydroxyl groups excluding tert-OH is 3. The lowest BCUT2D eigenvalue weighted by Crippen LogP contribution is -2.39. The molecule has 1 aliphatic rings. The van der Waals surface area contributed by atoms with Gasteiger partial charge in [-0.3, -0.25) is 9.78 Å². The van der Waals surface area contributed by atoms with Crippen LogP contribution in [0.3, 0.4) is 0 Å². The van der Waals surface area contributed by atoms with Gasteiger partial charge in [0.1, 0.15) is 18.3 Å². The van der Waals surface area contributed by atoms with Gasteiger partial charge < -0.3 is 20.1 Å². The largest absolute Gasteiger partial charge is 0.394 e. The number of hydrogen-bond acceptors (Lipinski definition) is 8. The number of rotatable bonds is 3. The Kier molecular flexibility index (Phi) is 4.32. The molecule has 3 aromatic rings. The zero-order valence-corrected chi connectivity index (χ0v) is 13.9. The summed E-state index contributed by atoms with van der Waals surface area (Å²) in [5, 5.41) is 29.5. The highest BCUT2D eigenvalue weighted by Gasteiger charge is 2.44. The molecule has 4 rings (SSSR count). The average Bonchev–Trinajstić information content (AvgIpc) is 2.96. The molecule has 0 bridgehead atoms. The van der Waals surface area contributed by atoms with Crippen molar-refractivity contribution in [3.8, 4) is 11.3 Å². The topological polar surface area (TPSA) is 151 Å². The van der Waals surface area contributed by atoms with Crippen molar-refractivity contribution in [2.45, 2.75) is 24.5 Å². The van der Waals surface area contributed by atoms with Crippen LogP contribution >= 0.6 is 0 Å². The molecule has 1 fully saturated rings. The summed E-state index contributed by atoms with van der Waals surface area (Å²) in [6, 6.07) is 9.02. The fraction of sp³-hybridized carbons (Fsp3) is 0.294. The van der Waals surface area contributed by atoms with Crippen LogP contribution in [0.4, 0.5) is 0 Å². The van der Waals surface area contributed by atoms with Gasteiger partial charge in [0.2, 0.25) is 0 Å². The minimum absolute atomic E-state index is 0.0973. The summed E-state index contributed by atoms with van der Waals surface area (Å²) >= 11 is 0. The predicted octanol–water partition coefficient (Wildman–Crippen LogP) is -1.24. The number of nitrogens with zero attached hydrogens (tertiary/aromatic N) is 3. The lowest BCUT2D eigenvalue weighted by Gasteiger charge is -2.18. The molecule has 0 amide bonds. The Morgan fingerprint density at radius 2 is 1.89 bits per heavy atom. The van der Waals surface area contributed by atoms with Crippen LogP contribution in [-0.2, 0) is 4.74 Å². The molecule has 0 spiro atoms. The first-order valence-electron chi connectivity index (χ1n) is 8.20. The lowest BCUT2D eigenvalue weighted by atomic mass is 10.1. The molecule has 10 heteroatoms. The Bertz CT molecular complexity index is 1100.